The van der Waals surface area contributed by atoms with Crippen LogP contribution in [0.2, 0.25) is 0 Å². The summed E-state index contributed by atoms with van der Waals surface area (Å²) in [5.41, 5.74) is 1.53. The first kappa shape index (κ1) is 8.39. The molecular weight excluding hydrogens is 156 g/mol. The number of rotatable bonds is 2. The smallest absolute Gasteiger partial charge is 0.264 e. The van der Waals surface area contributed by atoms with Crippen molar-refractivity contribution in [3.05, 3.63) is 33.9 Å². The SMILES string of the molecule is C=Nc1ccc([N+](=O)[O-])cc1C. The summed E-state index contributed by atoms with van der Waals surface area (Å²) in [5.74, 6) is 0. The van der Waals surface area contributed by atoms with Crippen molar-refractivity contribution < 1.29 is 4.92 Å². The second-order valence-electron chi connectivity index (χ2n) is 2.39. The van der Waals surface area contributed by atoms with Crippen LogP contribution in [-0.4, -0.2) is 11.6 Å². The largest absolute Gasteiger partial charge is 0.269 e. The van der Waals surface area contributed by atoms with Crippen molar-refractivity contribution in [2.24, 2.45) is 4.99 Å². The Morgan fingerprint density at radius 1 is 1.58 bits per heavy atom. The molecule has 0 fully saturated rings. The summed E-state index contributed by atoms with van der Waals surface area (Å²) in [7, 11) is 0. The lowest BCUT2D eigenvalue weighted by molar-refractivity contribution is -0.384. The van der Waals surface area contributed by atoms with Gasteiger partial charge >= 0.3 is 0 Å². The molecule has 4 nitrogen and oxygen atoms in total. The van der Waals surface area contributed by atoms with E-state index in [4.69, 9.17) is 0 Å². The standard InChI is InChI=1S/C8H8N2O2/c1-6-5-7(10(11)12)3-4-8(6)9-2/h3-5H,2H2,1H3. The molecule has 0 bridgehead atoms. The summed E-state index contributed by atoms with van der Waals surface area (Å²) in [5, 5.41) is 10.3. The lowest BCUT2D eigenvalue weighted by Crippen LogP contribution is -1.87. The van der Waals surface area contributed by atoms with Crippen LogP contribution in [0.1, 0.15) is 5.56 Å². The first-order valence-corrected chi connectivity index (χ1v) is 3.37. The molecule has 62 valence electrons. The highest BCUT2D eigenvalue weighted by Crippen LogP contribution is 2.22. The summed E-state index contributed by atoms with van der Waals surface area (Å²) in [6.45, 7) is 5.11. The fourth-order valence-corrected chi connectivity index (χ4v) is 0.931. The van der Waals surface area contributed by atoms with Crippen molar-refractivity contribution in [3.63, 3.8) is 0 Å². The zero-order chi connectivity index (χ0) is 9.14. The molecule has 0 saturated carbocycles. The van der Waals surface area contributed by atoms with E-state index >= 15 is 0 Å². The third-order valence-electron chi connectivity index (χ3n) is 1.56. The molecule has 1 rings (SSSR count). The molecule has 0 aromatic heterocycles. The van der Waals surface area contributed by atoms with Gasteiger partial charge in [-0.1, -0.05) is 0 Å². The molecule has 0 atom stereocenters. The topological polar surface area (TPSA) is 55.5 Å². The molecule has 0 heterocycles. The maximum absolute atomic E-state index is 10.3. The fraction of sp³-hybridized carbons (Fsp3) is 0.125. The number of benzene rings is 1. The minimum Gasteiger partial charge on any atom is -0.264 e. The lowest BCUT2D eigenvalue weighted by Gasteiger charge is -1.97. The minimum atomic E-state index is -0.431. The van der Waals surface area contributed by atoms with E-state index in [2.05, 4.69) is 11.7 Å². The van der Waals surface area contributed by atoms with Gasteiger partial charge < -0.3 is 0 Å². The molecule has 1 aromatic rings. The van der Waals surface area contributed by atoms with Crippen LogP contribution in [0.15, 0.2) is 23.2 Å². The highest BCUT2D eigenvalue weighted by atomic mass is 16.6. The van der Waals surface area contributed by atoms with Gasteiger partial charge in [-0.3, -0.25) is 15.1 Å². The van der Waals surface area contributed by atoms with Crippen LogP contribution in [0.3, 0.4) is 0 Å². The fourth-order valence-electron chi connectivity index (χ4n) is 0.931. The molecule has 0 N–H and O–H groups in total. The number of hydrogen-bond donors (Lipinski definition) is 0. The quantitative estimate of drug-likeness (QED) is 0.382. The van der Waals surface area contributed by atoms with Crippen LogP contribution >= 0.6 is 0 Å². The van der Waals surface area contributed by atoms with Crippen molar-refractivity contribution in [2.45, 2.75) is 6.92 Å². The second kappa shape index (κ2) is 3.13. The Hall–Kier alpha value is -1.71. The van der Waals surface area contributed by atoms with E-state index in [9.17, 15) is 10.1 Å². The third-order valence-corrected chi connectivity index (χ3v) is 1.56. The van der Waals surface area contributed by atoms with Crippen LogP contribution in [0.4, 0.5) is 11.4 Å². The van der Waals surface area contributed by atoms with Gasteiger partial charge in [0, 0.05) is 12.1 Å². The van der Waals surface area contributed by atoms with Gasteiger partial charge in [0.05, 0.1) is 10.6 Å². The number of nitro groups is 1. The predicted molar refractivity (Wildman–Crippen MR) is 47.0 cm³/mol. The average Bonchev–Trinajstić information content (AvgIpc) is 2.04. The Kier molecular flexibility index (Phi) is 2.19. The molecule has 4 heteroatoms. The van der Waals surface area contributed by atoms with Gasteiger partial charge in [-0.2, -0.15) is 0 Å². The second-order valence-corrected chi connectivity index (χ2v) is 2.39. The molecule has 0 aliphatic rings. The Bertz CT molecular complexity index is 334. The van der Waals surface area contributed by atoms with Crippen molar-refractivity contribution >= 4 is 18.1 Å². The van der Waals surface area contributed by atoms with Gasteiger partial charge in [0.1, 0.15) is 0 Å². The van der Waals surface area contributed by atoms with E-state index in [0.29, 0.717) is 5.69 Å². The Morgan fingerprint density at radius 2 is 2.25 bits per heavy atom. The van der Waals surface area contributed by atoms with Crippen molar-refractivity contribution in [1.82, 2.24) is 0 Å². The van der Waals surface area contributed by atoms with Gasteiger partial charge in [-0.15, -0.1) is 0 Å². The highest BCUT2D eigenvalue weighted by molar-refractivity contribution is 5.54. The lowest BCUT2D eigenvalue weighted by atomic mass is 10.2. The molecule has 0 aliphatic heterocycles. The van der Waals surface area contributed by atoms with E-state index in [1.165, 1.54) is 12.1 Å². The van der Waals surface area contributed by atoms with Crippen LogP contribution in [0, 0.1) is 17.0 Å². The number of non-ortho nitro benzene ring substituents is 1. The number of nitro benzene ring substituents is 1. The van der Waals surface area contributed by atoms with Gasteiger partial charge in [0.15, 0.2) is 0 Å². The molecular formula is C8H8N2O2. The maximum atomic E-state index is 10.3. The zero-order valence-electron chi connectivity index (χ0n) is 6.65. The Balaban J connectivity index is 3.18. The summed E-state index contributed by atoms with van der Waals surface area (Å²) in [6, 6.07) is 4.47. The van der Waals surface area contributed by atoms with Gasteiger partial charge in [0.2, 0.25) is 0 Å². The summed E-state index contributed by atoms with van der Waals surface area (Å²) in [4.78, 5) is 13.6. The predicted octanol–water partition coefficient (Wildman–Crippen LogP) is 2.24. The van der Waals surface area contributed by atoms with E-state index in [1.54, 1.807) is 13.0 Å². The third kappa shape index (κ3) is 1.47. The molecule has 0 spiro atoms. The molecule has 12 heavy (non-hydrogen) atoms. The highest BCUT2D eigenvalue weighted by Gasteiger charge is 2.06. The molecule has 0 amide bonds. The van der Waals surface area contributed by atoms with Gasteiger partial charge in [0.25, 0.3) is 5.69 Å². The molecule has 1 aromatic carbocycles. The van der Waals surface area contributed by atoms with Crippen molar-refractivity contribution in [3.8, 4) is 0 Å². The Morgan fingerprint density at radius 3 is 2.67 bits per heavy atom. The summed E-state index contributed by atoms with van der Waals surface area (Å²) < 4.78 is 0. The van der Waals surface area contributed by atoms with E-state index < -0.39 is 4.92 Å². The van der Waals surface area contributed by atoms with Crippen LogP contribution in [0.25, 0.3) is 0 Å². The minimum absolute atomic E-state index is 0.0832. The molecule has 0 saturated heterocycles. The first-order valence-electron chi connectivity index (χ1n) is 3.37. The molecule has 0 radical (unpaired) electrons. The molecule has 0 unspecified atom stereocenters. The van der Waals surface area contributed by atoms with E-state index in [0.717, 1.165) is 5.56 Å². The van der Waals surface area contributed by atoms with E-state index in [1.807, 2.05) is 0 Å². The van der Waals surface area contributed by atoms with Crippen LogP contribution in [0.5, 0.6) is 0 Å². The summed E-state index contributed by atoms with van der Waals surface area (Å²) >= 11 is 0. The number of nitrogens with zero attached hydrogens (tertiary/aromatic N) is 2. The number of hydrogen-bond acceptors (Lipinski definition) is 3. The molecule has 0 aliphatic carbocycles. The number of aliphatic imine (C=N–C) groups is 1. The van der Waals surface area contributed by atoms with Gasteiger partial charge in [-0.25, -0.2) is 0 Å². The van der Waals surface area contributed by atoms with Crippen LogP contribution in [-0.2, 0) is 0 Å². The monoisotopic (exact) mass is 164 g/mol. The normalized spacial score (nSPS) is 9.42. The average molecular weight is 164 g/mol. The number of aryl methyl sites for hydroxylation is 1. The first-order chi connectivity index (χ1) is 5.65. The van der Waals surface area contributed by atoms with Crippen molar-refractivity contribution in [2.75, 3.05) is 0 Å². The van der Waals surface area contributed by atoms with Crippen molar-refractivity contribution in [1.29, 1.82) is 0 Å². The van der Waals surface area contributed by atoms with E-state index in [-0.39, 0.29) is 5.69 Å². The van der Waals surface area contributed by atoms with Crippen LogP contribution < -0.4 is 0 Å². The maximum Gasteiger partial charge on any atom is 0.269 e. The summed E-state index contributed by atoms with van der Waals surface area (Å²) in [6.07, 6.45) is 0. The van der Waals surface area contributed by atoms with Gasteiger partial charge in [-0.05, 0) is 25.3 Å². The Labute approximate surface area is 69.7 Å². The zero-order valence-corrected chi connectivity index (χ0v) is 6.65.